The van der Waals surface area contributed by atoms with E-state index in [1.54, 1.807) is 14.2 Å². The summed E-state index contributed by atoms with van der Waals surface area (Å²) in [6, 6.07) is 0. The van der Waals surface area contributed by atoms with Crippen molar-refractivity contribution in [2.75, 3.05) is 33.9 Å². The van der Waals surface area contributed by atoms with Gasteiger partial charge in [0.1, 0.15) is 5.76 Å². The number of nitrogens with zero attached hydrogens (tertiary/aromatic N) is 1. The van der Waals surface area contributed by atoms with Crippen molar-refractivity contribution in [3.63, 3.8) is 0 Å². The normalized spacial score (nSPS) is 20.3. The number of methoxy groups -OCH3 is 2. The molecule has 1 aliphatic heterocycles. The highest BCUT2D eigenvalue weighted by atomic mass is 16.5. The van der Waals surface area contributed by atoms with Crippen LogP contribution in [-0.4, -0.2) is 38.8 Å². The van der Waals surface area contributed by atoms with Gasteiger partial charge in [-0.15, -0.1) is 0 Å². The van der Waals surface area contributed by atoms with Crippen LogP contribution in [0.2, 0.25) is 0 Å². The fourth-order valence-electron chi connectivity index (χ4n) is 2.25. The Kier molecular flexibility index (Phi) is 7.62. The Labute approximate surface area is 128 Å². The molecule has 1 saturated heterocycles. The molecule has 0 aromatic heterocycles. The van der Waals surface area contributed by atoms with Crippen LogP contribution < -0.4 is 0 Å². The van der Waals surface area contributed by atoms with E-state index in [0.717, 1.165) is 44.0 Å². The molecule has 116 valence electrons. The van der Waals surface area contributed by atoms with E-state index in [1.165, 1.54) is 11.1 Å². The maximum absolute atomic E-state index is 5.40. The maximum atomic E-state index is 5.40. The quantitative estimate of drug-likeness (QED) is 0.548. The lowest BCUT2D eigenvalue weighted by atomic mass is 10.0. The van der Waals surface area contributed by atoms with Gasteiger partial charge in [-0.05, 0) is 31.4 Å². The van der Waals surface area contributed by atoms with Crippen LogP contribution in [0.25, 0.3) is 0 Å². The molecule has 1 heterocycles. The third kappa shape index (κ3) is 5.64. The third-order valence-electron chi connectivity index (χ3n) is 3.70. The van der Waals surface area contributed by atoms with Gasteiger partial charge in [-0.3, -0.25) is 4.90 Å². The fraction of sp³-hybridized carbons (Fsp3) is 0.444. The summed E-state index contributed by atoms with van der Waals surface area (Å²) >= 11 is 0. The predicted molar refractivity (Wildman–Crippen MR) is 89.0 cm³/mol. The zero-order valence-electron chi connectivity index (χ0n) is 13.5. The van der Waals surface area contributed by atoms with Crippen molar-refractivity contribution in [2.24, 2.45) is 0 Å². The number of likely N-dealkylation sites (tertiary alicyclic amines) is 1. The topological polar surface area (TPSA) is 21.7 Å². The molecule has 0 unspecified atom stereocenters. The molecule has 0 aromatic rings. The molecular weight excluding hydrogens is 262 g/mol. The summed E-state index contributed by atoms with van der Waals surface area (Å²) < 4.78 is 10.7. The van der Waals surface area contributed by atoms with Gasteiger partial charge in [-0.2, -0.15) is 0 Å². The van der Waals surface area contributed by atoms with Crippen LogP contribution in [0, 0.1) is 0 Å². The Balaban J connectivity index is 2.79. The van der Waals surface area contributed by atoms with E-state index >= 15 is 0 Å². The van der Waals surface area contributed by atoms with Gasteiger partial charge in [0.05, 0.1) is 14.2 Å². The smallest absolute Gasteiger partial charge is 0.156 e. The second-order valence-corrected chi connectivity index (χ2v) is 5.07. The van der Waals surface area contributed by atoms with Crippen LogP contribution in [0.3, 0.4) is 0 Å². The number of hydrogen-bond acceptors (Lipinski definition) is 3. The first-order valence-corrected chi connectivity index (χ1v) is 7.29. The Morgan fingerprint density at radius 1 is 1.24 bits per heavy atom. The molecule has 1 aliphatic rings. The highest BCUT2D eigenvalue weighted by Gasteiger charge is 2.15. The van der Waals surface area contributed by atoms with Crippen LogP contribution in [0.4, 0.5) is 0 Å². The average Bonchev–Trinajstić information content (AvgIpc) is 2.67. The van der Waals surface area contributed by atoms with Gasteiger partial charge in [-0.25, -0.2) is 0 Å². The first kappa shape index (κ1) is 17.3. The number of allylic oxidation sites excluding steroid dienone is 4. The van der Waals surface area contributed by atoms with E-state index in [0.29, 0.717) is 0 Å². The average molecular weight is 289 g/mol. The third-order valence-corrected chi connectivity index (χ3v) is 3.70. The molecule has 0 bridgehead atoms. The number of rotatable bonds is 6. The number of hydrogen-bond donors (Lipinski definition) is 0. The lowest BCUT2D eigenvalue weighted by Gasteiger charge is -2.16. The van der Waals surface area contributed by atoms with Gasteiger partial charge < -0.3 is 9.47 Å². The molecular formula is C18H27NO2. The van der Waals surface area contributed by atoms with Crippen molar-refractivity contribution in [2.45, 2.75) is 19.8 Å². The molecule has 3 heteroatoms. The maximum Gasteiger partial charge on any atom is 0.156 e. The van der Waals surface area contributed by atoms with E-state index < -0.39 is 0 Å². The van der Waals surface area contributed by atoms with Gasteiger partial charge in [0.25, 0.3) is 0 Å². The van der Waals surface area contributed by atoms with Crippen LogP contribution in [0.5, 0.6) is 0 Å². The first-order valence-electron chi connectivity index (χ1n) is 7.29. The van der Waals surface area contributed by atoms with Gasteiger partial charge >= 0.3 is 0 Å². The van der Waals surface area contributed by atoms with Crippen LogP contribution in [-0.2, 0) is 9.47 Å². The Hall–Kier alpha value is -1.74. The lowest BCUT2D eigenvalue weighted by Crippen LogP contribution is -2.24. The van der Waals surface area contributed by atoms with Gasteiger partial charge in [0.15, 0.2) is 5.76 Å². The van der Waals surface area contributed by atoms with Crippen LogP contribution in [0.15, 0.2) is 60.1 Å². The lowest BCUT2D eigenvalue weighted by molar-refractivity contribution is 0.232. The molecule has 1 fully saturated rings. The van der Waals surface area contributed by atoms with E-state index in [-0.39, 0.29) is 0 Å². The molecule has 21 heavy (non-hydrogen) atoms. The molecule has 0 aliphatic carbocycles. The zero-order chi connectivity index (χ0) is 15.7. The minimum Gasteiger partial charge on any atom is -0.498 e. The summed E-state index contributed by atoms with van der Waals surface area (Å²) in [5.41, 5.74) is 2.43. The van der Waals surface area contributed by atoms with E-state index in [4.69, 9.17) is 9.47 Å². The van der Waals surface area contributed by atoms with Gasteiger partial charge in [0, 0.05) is 19.6 Å². The van der Waals surface area contributed by atoms with Crippen molar-refractivity contribution in [1.29, 1.82) is 0 Å². The highest BCUT2D eigenvalue weighted by molar-refractivity contribution is 5.35. The van der Waals surface area contributed by atoms with E-state index in [2.05, 4.69) is 30.2 Å². The Bertz CT molecular complexity index is 458. The van der Waals surface area contributed by atoms with Crippen LogP contribution >= 0.6 is 0 Å². The molecule has 0 atom stereocenters. The monoisotopic (exact) mass is 289 g/mol. The first-order chi connectivity index (χ1) is 10.1. The molecule has 0 amide bonds. The fourth-order valence-corrected chi connectivity index (χ4v) is 2.25. The minimum atomic E-state index is 0.772. The summed E-state index contributed by atoms with van der Waals surface area (Å²) in [5.74, 6) is 1.56. The molecule has 1 rings (SSSR count). The second-order valence-electron chi connectivity index (χ2n) is 5.07. The molecule has 0 aromatic carbocycles. The van der Waals surface area contributed by atoms with E-state index in [9.17, 15) is 0 Å². The zero-order valence-corrected chi connectivity index (χ0v) is 13.5. The second kappa shape index (κ2) is 9.24. The van der Waals surface area contributed by atoms with Crippen molar-refractivity contribution in [1.82, 2.24) is 4.90 Å². The Morgan fingerprint density at radius 2 is 1.95 bits per heavy atom. The van der Waals surface area contributed by atoms with Crippen molar-refractivity contribution < 1.29 is 9.47 Å². The van der Waals surface area contributed by atoms with Crippen molar-refractivity contribution in [3.05, 3.63) is 60.1 Å². The molecule has 0 saturated carbocycles. The van der Waals surface area contributed by atoms with Gasteiger partial charge in [0.2, 0.25) is 0 Å². The summed E-state index contributed by atoms with van der Waals surface area (Å²) in [7, 11) is 3.32. The standard InChI is InChI=1S/C18H27NO2/c1-6-7-8-11-19-12-9-15(2)17(10-13-19)14-18(21-5)16(3)20-4/h6-8,14H,1-2,9-13H2,3-5H3/b8-7+,17-14-,18-16-. The summed E-state index contributed by atoms with van der Waals surface area (Å²) in [5, 5.41) is 0. The molecule has 0 spiro atoms. The summed E-state index contributed by atoms with van der Waals surface area (Å²) in [6.45, 7) is 12.8. The Morgan fingerprint density at radius 3 is 2.57 bits per heavy atom. The largest absolute Gasteiger partial charge is 0.498 e. The summed E-state index contributed by atoms with van der Waals surface area (Å²) in [4.78, 5) is 2.42. The summed E-state index contributed by atoms with van der Waals surface area (Å²) in [6.07, 6.45) is 9.96. The molecule has 3 nitrogen and oxygen atoms in total. The molecule has 0 radical (unpaired) electrons. The minimum absolute atomic E-state index is 0.772. The molecule has 0 N–H and O–H groups in total. The predicted octanol–water partition coefficient (Wildman–Crippen LogP) is 3.83. The highest BCUT2D eigenvalue weighted by Crippen LogP contribution is 2.24. The van der Waals surface area contributed by atoms with E-state index in [1.807, 2.05) is 19.1 Å². The van der Waals surface area contributed by atoms with Crippen LogP contribution in [0.1, 0.15) is 19.8 Å². The van der Waals surface area contributed by atoms with Crippen molar-refractivity contribution >= 4 is 0 Å². The SMILES string of the molecule is C=C/C=C/CN1CCC(=C)/C(=C\C(OC)=C(/C)OC)CC1. The number of ether oxygens (including phenoxy) is 2. The van der Waals surface area contributed by atoms with Crippen molar-refractivity contribution in [3.8, 4) is 0 Å². The van der Waals surface area contributed by atoms with Gasteiger partial charge in [-0.1, -0.05) is 37.0 Å².